The molecule has 0 amide bonds. The molecule has 0 atom stereocenters. The molecule has 0 radical (unpaired) electrons. The number of aromatic hydroxyl groups is 1. The number of carboxylic acid groups (broad SMARTS) is 1. The average Bonchev–Trinajstić information content (AvgIpc) is 2.62. The number of carbonyl (C=O) groups is 1. The third-order valence-electron chi connectivity index (χ3n) is 4.87. The number of phenols is 1. The normalized spacial score (nSPS) is 16.5. The third kappa shape index (κ3) is 3.23. The fourth-order valence-electron chi connectivity index (χ4n) is 3.44. The Morgan fingerprint density at radius 2 is 1.75 bits per heavy atom. The molecule has 126 valence electrons. The van der Waals surface area contributed by atoms with Crippen LogP contribution in [0.5, 0.6) is 11.5 Å². The van der Waals surface area contributed by atoms with Gasteiger partial charge in [-0.05, 0) is 36.1 Å². The number of phenolic OH excluding ortho intramolecular Hbond substituents is 1. The Labute approximate surface area is 141 Å². The van der Waals surface area contributed by atoms with E-state index in [4.69, 9.17) is 4.74 Å². The summed E-state index contributed by atoms with van der Waals surface area (Å²) < 4.78 is 5.74. The van der Waals surface area contributed by atoms with Gasteiger partial charge < -0.3 is 14.9 Å². The molecule has 4 nitrogen and oxygen atoms in total. The van der Waals surface area contributed by atoms with Gasteiger partial charge in [0, 0.05) is 0 Å². The van der Waals surface area contributed by atoms with Crippen LogP contribution in [0.1, 0.15) is 43.2 Å². The summed E-state index contributed by atoms with van der Waals surface area (Å²) in [7, 11) is 0. The Morgan fingerprint density at radius 1 is 1.04 bits per heavy atom. The van der Waals surface area contributed by atoms with Crippen LogP contribution in [0.3, 0.4) is 0 Å². The Hall–Kier alpha value is -2.49. The van der Waals surface area contributed by atoms with Crippen molar-refractivity contribution < 1.29 is 19.7 Å². The van der Waals surface area contributed by atoms with Crippen LogP contribution >= 0.6 is 0 Å². The molecule has 1 aliphatic rings. The summed E-state index contributed by atoms with van der Waals surface area (Å²) in [4.78, 5) is 11.9. The van der Waals surface area contributed by atoms with E-state index >= 15 is 0 Å². The van der Waals surface area contributed by atoms with Crippen molar-refractivity contribution in [2.24, 2.45) is 0 Å². The van der Waals surface area contributed by atoms with Gasteiger partial charge in [0.15, 0.2) is 11.5 Å². The first kappa shape index (κ1) is 16.4. The van der Waals surface area contributed by atoms with Crippen molar-refractivity contribution in [3.05, 3.63) is 59.7 Å². The third-order valence-corrected chi connectivity index (χ3v) is 4.87. The van der Waals surface area contributed by atoms with Crippen molar-refractivity contribution in [3.8, 4) is 11.5 Å². The molecular formula is C20H22O4. The zero-order valence-electron chi connectivity index (χ0n) is 13.6. The fraction of sp³-hybridized carbons (Fsp3) is 0.350. The molecule has 2 aromatic carbocycles. The molecule has 1 aliphatic carbocycles. The molecule has 24 heavy (non-hydrogen) atoms. The second-order valence-corrected chi connectivity index (χ2v) is 6.40. The molecule has 0 saturated heterocycles. The van der Waals surface area contributed by atoms with Gasteiger partial charge in [-0.15, -0.1) is 0 Å². The highest BCUT2D eigenvalue weighted by Crippen LogP contribution is 2.42. The highest BCUT2D eigenvalue weighted by Gasteiger charge is 2.41. The number of hydrogen-bond donors (Lipinski definition) is 2. The van der Waals surface area contributed by atoms with E-state index in [2.05, 4.69) is 0 Å². The van der Waals surface area contributed by atoms with Crippen LogP contribution in [-0.4, -0.2) is 16.2 Å². The lowest BCUT2D eigenvalue weighted by Crippen LogP contribution is -2.37. The molecule has 4 heteroatoms. The first-order chi connectivity index (χ1) is 11.6. The Balaban J connectivity index is 1.86. The molecule has 2 N–H and O–H groups in total. The van der Waals surface area contributed by atoms with Crippen molar-refractivity contribution in [1.82, 2.24) is 0 Å². The van der Waals surface area contributed by atoms with E-state index in [0.717, 1.165) is 30.4 Å². The highest BCUT2D eigenvalue weighted by atomic mass is 16.5. The molecule has 0 heterocycles. The molecule has 0 bridgehead atoms. The largest absolute Gasteiger partial charge is 0.504 e. The van der Waals surface area contributed by atoms with E-state index in [9.17, 15) is 15.0 Å². The molecule has 1 saturated carbocycles. The van der Waals surface area contributed by atoms with Gasteiger partial charge >= 0.3 is 5.97 Å². The quantitative estimate of drug-likeness (QED) is 0.861. The molecule has 0 aliphatic heterocycles. The maximum absolute atomic E-state index is 11.9. The van der Waals surface area contributed by atoms with Crippen molar-refractivity contribution >= 4 is 5.97 Å². The molecule has 1 fully saturated rings. The summed E-state index contributed by atoms with van der Waals surface area (Å²) in [6.07, 6.45) is 4.15. The molecule has 2 aromatic rings. The summed E-state index contributed by atoms with van der Waals surface area (Å²) >= 11 is 0. The van der Waals surface area contributed by atoms with Gasteiger partial charge in [0.25, 0.3) is 0 Å². The minimum absolute atomic E-state index is 0.0334. The van der Waals surface area contributed by atoms with E-state index in [1.807, 2.05) is 30.3 Å². The van der Waals surface area contributed by atoms with Gasteiger partial charge in [0.1, 0.15) is 6.61 Å². The predicted octanol–water partition coefficient (Wildman–Crippen LogP) is 4.26. The minimum Gasteiger partial charge on any atom is -0.504 e. The van der Waals surface area contributed by atoms with E-state index in [1.54, 1.807) is 12.1 Å². The lowest BCUT2D eigenvalue weighted by molar-refractivity contribution is -0.145. The van der Waals surface area contributed by atoms with E-state index in [0.29, 0.717) is 25.2 Å². The monoisotopic (exact) mass is 326 g/mol. The molecule has 0 unspecified atom stereocenters. The first-order valence-electron chi connectivity index (χ1n) is 8.35. The molecule has 0 aromatic heterocycles. The second-order valence-electron chi connectivity index (χ2n) is 6.40. The smallest absolute Gasteiger partial charge is 0.314 e. The topological polar surface area (TPSA) is 66.8 Å². The Morgan fingerprint density at radius 3 is 2.42 bits per heavy atom. The van der Waals surface area contributed by atoms with E-state index in [1.165, 1.54) is 6.07 Å². The van der Waals surface area contributed by atoms with Crippen LogP contribution in [0.4, 0.5) is 0 Å². The number of benzene rings is 2. The van der Waals surface area contributed by atoms with Crippen LogP contribution in [0, 0.1) is 0 Å². The van der Waals surface area contributed by atoms with Crippen molar-refractivity contribution in [2.45, 2.75) is 44.1 Å². The van der Waals surface area contributed by atoms with Crippen molar-refractivity contribution in [3.63, 3.8) is 0 Å². The van der Waals surface area contributed by atoms with Gasteiger partial charge in [0.05, 0.1) is 5.41 Å². The Kier molecular flexibility index (Phi) is 4.74. The fourth-order valence-corrected chi connectivity index (χ4v) is 3.44. The minimum atomic E-state index is -0.864. The summed E-state index contributed by atoms with van der Waals surface area (Å²) in [5, 5.41) is 19.9. The van der Waals surface area contributed by atoms with Crippen LogP contribution in [0.15, 0.2) is 48.5 Å². The lowest BCUT2D eigenvalue weighted by Gasteiger charge is -2.33. The summed E-state index contributed by atoms with van der Waals surface area (Å²) in [6.45, 7) is 0.331. The zero-order chi connectivity index (χ0) is 17.0. The number of rotatable bonds is 5. The van der Waals surface area contributed by atoms with E-state index in [-0.39, 0.29) is 5.75 Å². The van der Waals surface area contributed by atoms with Crippen molar-refractivity contribution in [1.29, 1.82) is 0 Å². The molecule has 0 spiro atoms. The maximum atomic E-state index is 11.9. The average molecular weight is 326 g/mol. The zero-order valence-corrected chi connectivity index (χ0v) is 13.6. The summed E-state index contributed by atoms with van der Waals surface area (Å²) in [6, 6.07) is 14.6. The number of hydrogen-bond acceptors (Lipinski definition) is 3. The summed E-state index contributed by atoms with van der Waals surface area (Å²) in [5.74, 6) is -0.421. The maximum Gasteiger partial charge on any atom is 0.314 e. The van der Waals surface area contributed by atoms with Gasteiger partial charge in [0.2, 0.25) is 0 Å². The van der Waals surface area contributed by atoms with Gasteiger partial charge in [-0.25, -0.2) is 0 Å². The number of ether oxygens (including phenoxy) is 1. The first-order valence-corrected chi connectivity index (χ1v) is 8.35. The number of aliphatic carboxylic acids is 1. The van der Waals surface area contributed by atoms with E-state index < -0.39 is 11.4 Å². The Bertz CT molecular complexity index is 703. The lowest BCUT2D eigenvalue weighted by atomic mass is 9.69. The van der Waals surface area contributed by atoms with Crippen molar-refractivity contribution in [2.75, 3.05) is 0 Å². The highest BCUT2D eigenvalue weighted by molar-refractivity contribution is 5.82. The standard InChI is InChI=1S/C20H22O4/c21-17-10-9-16(20(19(22)23)11-5-2-6-12-20)13-18(17)24-14-15-7-3-1-4-8-15/h1,3-4,7-10,13,21H,2,5-6,11-12,14H2,(H,22,23). The van der Waals surface area contributed by atoms with Crippen LogP contribution in [0.25, 0.3) is 0 Å². The van der Waals surface area contributed by atoms with Crippen LogP contribution < -0.4 is 4.74 Å². The molecular weight excluding hydrogens is 304 g/mol. The van der Waals surface area contributed by atoms with Crippen LogP contribution in [-0.2, 0) is 16.8 Å². The van der Waals surface area contributed by atoms with Crippen LogP contribution in [0.2, 0.25) is 0 Å². The van der Waals surface area contributed by atoms with Gasteiger partial charge in [-0.1, -0.05) is 55.7 Å². The van der Waals surface area contributed by atoms with Gasteiger partial charge in [-0.2, -0.15) is 0 Å². The van der Waals surface area contributed by atoms with Gasteiger partial charge in [-0.3, -0.25) is 4.79 Å². The number of carboxylic acids is 1. The predicted molar refractivity (Wildman–Crippen MR) is 91.3 cm³/mol. The second kappa shape index (κ2) is 6.95. The molecule has 3 rings (SSSR count). The summed E-state index contributed by atoms with van der Waals surface area (Å²) in [5.41, 5.74) is 0.847. The SMILES string of the molecule is O=C(O)C1(c2ccc(O)c(OCc3ccccc3)c2)CCCCC1.